The quantitative estimate of drug-likeness (QED) is 0.537. The summed E-state index contributed by atoms with van der Waals surface area (Å²) in [5.74, 6) is 0.476. The topological polar surface area (TPSA) is 40.9 Å². The lowest BCUT2D eigenvalue weighted by atomic mass is 10.4. The van der Waals surface area contributed by atoms with E-state index >= 15 is 0 Å². The third-order valence-electron chi connectivity index (χ3n) is 0.692. The normalized spacial score (nSPS) is 8.00. The monoisotopic (exact) mass is 129 g/mol. The molecule has 0 aliphatic heterocycles. The van der Waals surface area contributed by atoms with Crippen molar-refractivity contribution in [3.63, 3.8) is 0 Å². The van der Waals surface area contributed by atoms with Gasteiger partial charge in [0, 0.05) is 6.42 Å². The Morgan fingerprint density at radius 3 is 2.88 bits per heavy atom. The molecule has 0 aromatic carbocycles. The Morgan fingerprint density at radius 2 is 2.50 bits per heavy atom. The van der Waals surface area contributed by atoms with Gasteiger partial charge in [-0.3, -0.25) is 4.79 Å². The Kier molecular flexibility index (Phi) is 4.38. The second-order valence-electron chi connectivity index (χ2n) is 1.27. The van der Waals surface area contributed by atoms with Gasteiger partial charge in [0.05, 0.1) is 5.75 Å². The van der Waals surface area contributed by atoms with E-state index < -0.39 is 0 Å². The molecule has 0 radical (unpaired) electrons. The predicted octanol–water partition coefficient (Wildman–Crippen LogP) is 1.18. The number of hydrogen-bond donors (Lipinski definition) is 0. The molecular formula is C5H7NOS. The van der Waals surface area contributed by atoms with Gasteiger partial charge in [-0.2, -0.15) is 5.26 Å². The molecule has 0 heterocycles. The molecular weight excluding hydrogens is 122 g/mol. The highest BCUT2D eigenvalue weighted by Gasteiger charge is 1.94. The van der Waals surface area contributed by atoms with Gasteiger partial charge in [0.15, 0.2) is 0 Å². The number of Topliss-reactive ketones (excluding diaryl/α,β-unsaturated/α-hetero) is 1. The minimum absolute atomic E-state index is 0.136. The van der Waals surface area contributed by atoms with Crippen molar-refractivity contribution in [2.75, 3.05) is 5.75 Å². The number of carbonyl (C=O) groups is 1. The molecule has 44 valence electrons. The van der Waals surface area contributed by atoms with Crippen LogP contribution in [0.15, 0.2) is 0 Å². The van der Waals surface area contributed by atoms with E-state index in [1.54, 1.807) is 6.92 Å². The zero-order chi connectivity index (χ0) is 6.41. The fourth-order valence-electron chi connectivity index (χ4n) is 0.215. The number of nitrogens with zero attached hydrogens (tertiary/aromatic N) is 1. The minimum Gasteiger partial charge on any atom is -0.299 e. The maximum absolute atomic E-state index is 10.4. The van der Waals surface area contributed by atoms with Crippen molar-refractivity contribution < 1.29 is 4.79 Å². The van der Waals surface area contributed by atoms with Gasteiger partial charge in [0.25, 0.3) is 0 Å². The minimum atomic E-state index is 0.136. The molecule has 3 heteroatoms. The predicted molar refractivity (Wildman–Crippen MR) is 33.4 cm³/mol. The Bertz CT molecular complexity index is 116. The number of thiocyanates is 1. The summed E-state index contributed by atoms with van der Waals surface area (Å²) in [6, 6.07) is 0. The van der Waals surface area contributed by atoms with Gasteiger partial charge in [-0.25, -0.2) is 0 Å². The second kappa shape index (κ2) is 4.66. The van der Waals surface area contributed by atoms with Crippen molar-refractivity contribution in [2.45, 2.75) is 13.3 Å². The fraction of sp³-hybridized carbons (Fsp3) is 0.600. The van der Waals surface area contributed by atoms with Crippen molar-refractivity contribution in [2.24, 2.45) is 0 Å². The van der Waals surface area contributed by atoms with Gasteiger partial charge in [0.1, 0.15) is 11.2 Å². The zero-order valence-electron chi connectivity index (χ0n) is 4.68. The lowest BCUT2D eigenvalue weighted by Crippen LogP contribution is -1.96. The van der Waals surface area contributed by atoms with Gasteiger partial charge >= 0.3 is 0 Å². The highest BCUT2D eigenvalue weighted by atomic mass is 32.2. The first kappa shape index (κ1) is 7.51. The van der Waals surface area contributed by atoms with E-state index in [4.69, 9.17) is 5.26 Å². The first-order chi connectivity index (χ1) is 3.81. The number of hydrogen-bond acceptors (Lipinski definition) is 3. The summed E-state index contributed by atoms with van der Waals surface area (Å²) < 4.78 is 0. The molecule has 0 saturated heterocycles. The van der Waals surface area contributed by atoms with E-state index in [9.17, 15) is 4.79 Å². The number of thioether (sulfide) groups is 1. The molecule has 0 spiro atoms. The van der Waals surface area contributed by atoms with Crippen molar-refractivity contribution >= 4 is 17.5 Å². The summed E-state index contributed by atoms with van der Waals surface area (Å²) in [7, 11) is 0. The second-order valence-corrected chi connectivity index (χ2v) is 2.03. The van der Waals surface area contributed by atoms with Crippen LogP contribution in [0.25, 0.3) is 0 Å². The molecule has 0 aromatic heterocycles. The maximum atomic E-state index is 10.4. The van der Waals surface area contributed by atoms with E-state index in [1.165, 1.54) is 0 Å². The summed E-state index contributed by atoms with van der Waals surface area (Å²) in [5.41, 5.74) is 0. The van der Waals surface area contributed by atoms with Crippen LogP contribution in [0.3, 0.4) is 0 Å². The molecule has 0 unspecified atom stereocenters. The van der Waals surface area contributed by atoms with Crippen LogP contribution in [0, 0.1) is 10.7 Å². The standard InChI is InChI=1S/C5H7NOS/c1-2-5(7)3-8-4-6/h2-3H2,1H3. The molecule has 0 atom stereocenters. The van der Waals surface area contributed by atoms with Gasteiger partial charge < -0.3 is 0 Å². The lowest BCUT2D eigenvalue weighted by Gasteiger charge is -1.85. The van der Waals surface area contributed by atoms with Gasteiger partial charge in [-0.15, -0.1) is 0 Å². The number of carbonyl (C=O) groups excluding carboxylic acids is 1. The third kappa shape index (κ3) is 3.69. The van der Waals surface area contributed by atoms with Crippen LogP contribution >= 0.6 is 11.8 Å². The van der Waals surface area contributed by atoms with Crippen molar-refractivity contribution in [3.8, 4) is 5.40 Å². The van der Waals surface area contributed by atoms with E-state index in [0.29, 0.717) is 12.2 Å². The molecule has 0 fully saturated rings. The fourth-order valence-corrected chi connectivity index (χ4v) is 0.644. The molecule has 0 bridgehead atoms. The van der Waals surface area contributed by atoms with Gasteiger partial charge in [-0.1, -0.05) is 6.92 Å². The summed E-state index contributed by atoms with van der Waals surface area (Å²) >= 11 is 0.997. The SMILES string of the molecule is CCC(=O)CSC#N. The first-order valence-corrected chi connectivity index (χ1v) is 3.32. The van der Waals surface area contributed by atoms with Crippen LogP contribution in [0.4, 0.5) is 0 Å². The highest BCUT2D eigenvalue weighted by molar-refractivity contribution is 8.04. The van der Waals surface area contributed by atoms with E-state index in [0.717, 1.165) is 11.8 Å². The average Bonchev–Trinajstić information content (AvgIpc) is 1.83. The summed E-state index contributed by atoms with van der Waals surface area (Å²) in [5, 5.41) is 9.80. The Morgan fingerprint density at radius 1 is 1.88 bits per heavy atom. The van der Waals surface area contributed by atoms with E-state index in [-0.39, 0.29) is 5.78 Å². The molecule has 0 amide bonds. The highest BCUT2D eigenvalue weighted by Crippen LogP contribution is 1.96. The van der Waals surface area contributed by atoms with Crippen molar-refractivity contribution in [3.05, 3.63) is 0 Å². The first-order valence-electron chi connectivity index (χ1n) is 2.33. The molecule has 0 rings (SSSR count). The van der Waals surface area contributed by atoms with Crippen LogP contribution in [0.1, 0.15) is 13.3 Å². The summed E-state index contributed by atoms with van der Waals surface area (Å²) in [4.78, 5) is 10.4. The van der Waals surface area contributed by atoms with Crippen molar-refractivity contribution in [1.82, 2.24) is 0 Å². The molecule has 0 aliphatic carbocycles. The molecule has 0 aliphatic rings. The zero-order valence-corrected chi connectivity index (χ0v) is 5.49. The van der Waals surface area contributed by atoms with Crippen LogP contribution in [0.2, 0.25) is 0 Å². The molecule has 0 N–H and O–H groups in total. The number of ketones is 1. The van der Waals surface area contributed by atoms with Crippen LogP contribution in [0.5, 0.6) is 0 Å². The molecule has 8 heavy (non-hydrogen) atoms. The Labute approximate surface area is 52.9 Å². The molecule has 0 aromatic rings. The van der Waals surface area contributed by atoms with Crippen LogP contribution < -0.4 is 0 Å². The summed E-state index contributed by atoms with van der Waals surface area (Å²) in [6.07, 6.45) is 0.536. The van der Waals surface area contributed by atoms with E-state index in [2.05, 4.69) is 0 Å². The number of nitriles is 1. The maximum Gasteiger partial charge on any atom is 0.143 e. The van der Waals surface area contributed by atoms with Crippen LogP contribution in [-0.4, -0.2) is 11.5 Å². The lowest BCUT2D eigenvalue weighted by molar-refractivity contribution is -0.116. The van der Waals surface area contributed by atoms with Crippen LogP contribution in [-0.2, 0) is 4.79 Å². The largest absolute Gasteiger partial charge is 0.299 e. The molecule has 2 nitrogen and oxygen atoms in total. The Hall–Kier alpha value is -0.490. The Balaban J connectivity index is 3.15. The van der Waals surface area contributed by atoms with E-state index in [1.807, 2.05) is 5.40 Å². The smallest absolute Gasteiger partial charge is 0.143 e. The van der Waals surface area contributed by atoms with Gasteiger partial charge in [0.2, 0.25) is 0 Å². The molecule has 0 saturated carbocycles. The van der Waals surface area contributed by atoms with Gasteiger partial charge in [-0.05, 0) is 11.8 Å². The number of rotatable bonds is 3. The average molecular weight is 129 g/mol. The third-order valence-corrected chi connectivity index (χ3v) is 1.29. The summed E-state index contributed by atoms with van der Waals surface area (Å²) in [6.45, 7) is 1.79. The van der Waals surface area contributed by atoms with Crippen molar-refractivity contribution in [1.29, 1.82) is 5.26 Å².